The fourth-order valence-corrected chi connectivity index (χ4v) is 4.63. The Morgan fingerprint density at radius 1 is 1.00 bits per heavy atom. The second-order valence-electron chi connectivity index (χ2n) is 6.54. The van der Waals surface area contributed by atoms with Crippen molar-refractivity contribution in [2.24, 2.45) is 0 Å². The smallest absolute Gasteiger partial charge is 0.302 e. The molecule has 9 heteroatoms. The number of carbonyl (C=O) groups is 1. The van der Waals surface area contributed by atoms with Gasteiger partial charge in [0.1, 0.15) is 0 Å². The van der Waals surface area contributed by atoms with Crippen LogP contribution in [0.3, 0.4) is 0 Å². The summed E-state index contributed by atoms with van der Waals surface area (Å²) in [6.07, 6.45) is 0. The molecule has 2 N–H and O–H groups in total. The Morgan fingerprint density at radius 3 is 2.33 bits per heavy atom. The molecule has 4 aromatic rings. The van der Waals surface area contributed by atoms with Gasteiger partial charge in [0, 0.05) is 17.9 Å². The van der Waals surface area contributed by atoms with Crippen molar-refractivity contribution in [3.05, 3.63) is 72.1 Å². The van der Waals surface area contributed by atoms with E-state index in [-0.39, 0.29) is 11.6 Å². The predicted octanol–water partition coefficient (Wildman–Crippen LogP) is 4.86. The van der Waals surface area contributed by atoms with Crippen LogP contribution >= 0.6 is 11.3 Å². The maximum atomic E-state index is 12.2. The van der Waals surface area contributed by atoms with E-state index >= 15 is 0 Å². The number of nitrogens with zero attached hydrogens (tertiary/aromatic N) is 2. The highest BCUT2D eigenvalue weighted by Gasteiger charge is 2.22. The van der Waals surface area contributed by atoms with Gasteiger partial charge in [-0.3, -0.25) is 9.35 Å². The van der Waals surface area contributed by atoms with Gasteiger partial charge in [0.2, 0.25) is 5.91 Å². The third-order valence-corrected chi connectivity index (χ3v) is 6.02. The van der Waals surface area contributed by atoms with Crippen LogP contribution in [-0.2, 0) is 15.1 Å². The number of thiazole rings is 1. The minimum atomic E-state index is -4.55. The number of rotatable bonds is 5. The Hall–Kier alpha value is -3.27. The Balaban J connectivity index is 1.70. The fourth-order valence-electron chi connectivity index (χ4n) is 3.10. The van der Waals surface area contributed by atoms with Gasteiger partial charge in [0.15, 0.2) is 5.13 Å². The van der Waals surface area contributed by atoms with Crippen molar-refractivity contribution in [3.8, 4) is 11.3 Å². The standard InChI is InChI=1S/C21H17N3O4S2/c1-14(25)22-21-23-20(13-29-21)16-7-9-18(10-8-16)24(30(26,27)28)19-11-6-15-4-2-3-5-17(15)12-19/h2-13H,1H3,(H,22,23,25)(H,26,27,28). The van der Waals surface area contributed by atoms with Gasteiger partial charge in [-0.25, -0.2) is 9.29 Å². The molecule has 0 radical (unpaired) electrons. The Bertz CT molecular complexity index is 1330. The summed E-state index contributed by atoms with van der Waals surface area (Å²) in [5.41, 5.74) is 2.01. The summed E-state index contributed by atoms with van der Waals surface area (Å²) in [5, 5.41) is 6.73. The lowest BCUT2D eigenvalue weighted by molar-refractivity contribution is -0.114. The van der Waals surface area contributed by atoms with Crippen molar-refractivity contribution in [3.63, 3.8) is 0 Å². The van der Waals surface area contributed by atoms with Crippen molar-refractivity contribution < 1.29 is 17.8 Å². The number of fused-ring (bicyclic) bond motifs is 1. The zero-order chi connectivity index (χ0) is 21.3. The summed E-state index contributed by atoms with van der Waals surface area (Å²) in [4.78, 5) is 15.5. The third-order valence-electron chi connectivity index (χ3n) is 4.38. The minimum Gasteiger partial charge on any atom is -0.302 e. The molecule has 1 heterocycles. The van der Waals surface area contributed by atoms with Crippen LogP contribution < -0.4 is 9.62 Å². The zero-order valence-corrected chi connectivity index (χ0v) is 17.4. The molecule has 0 unspecified atom stereocenters. The van der Waals surface area contributed by atoms with E-state index in [0.717, 1.165) is 20.6 Å². The largest absolute Gasteiger partial charge is 0.364 e. The molecular formula is C21H17N3O4S2. The van der Waals surface area contributed by atoms with Crippen LogP contribution in [0.2, 0.25) is 0 Å². The van der Waals surface area contributed by atoms with E-state index in [1.807, 2.05) is 24.3 Å². The maximum Gasteiger partial charge on any atom is 0.364 e. The van der Waals surface area contributed by atoms with E-state index in [9.17, 15) is 17.8 Å². The van der Waals surface area contributed by atoms with Crippen LogP contribution in [0.5, 0.6) is 0 Å². The lowest BCUT2D eigenvalue weighted by atomic mass is 10.1. The van der Waals surface area contributed by atoms with Crippen LogP contribution in [0, 0.1) is 0 Å². The number of aromatic nitrogens is 1. The molecule has 4 rings (SSSR count). The average molecular weight is 440 g/mol. The Morgan fingerprint density at radius 2 is 1.67 bits per heavy atom. The van der Waals surface area contributed by atoms with E-state index in [0.29, 0.717) is 16.5 Å². The molecular weight excluding hydrogens is 422 g/mol. The maximum absolute atomic E-state index is 12.2. The van der Waals surface area contributed by atoms with E-state index in [1.54, 1.807) is 47.8 Å². The molecule has 1 amide bonds. The fraction of sp³-hybridized carbons (Fsp3) is 0.0476. The highest BCUT2D eigenvalue weighted by molar-refractivity contribution is 7.87. The van der Waals surface area contributed by atoms with Crippen LogP contribution in [0.25, 0.3) is 22.0 Å². The minimum absolute atomic E-state index is 0.203. The van der Waals surface area contributed by atoms with Crippen molar-refractivity contribution in [1.82, 2.24) is 4.98 Å². The van der Waals surface area contributed by atoms with Crippen LogP contribution in [-0.4, -0.2) is 23.9 Å². The first-order valence-corrected chi connectivity index (χ1v) is 11.2. The summed E-state index contributed by atoms with van der Waals surface area (Å²) >= 11 is 1.30. The molecule has 0 aliphatic carbocycles. The van der Waals surface area contributed by atoms with E-state index in [1.165, 1.54) is 18.3 Å². The predicted molar refractivity (Wildman–Crippen MR) is 119 cm³/mol. The molecule has 0 aliphatic heterocycles. The van der Waals surface area contributed by atoms with Crippen LogP contribution in [0.15, 0.2) is 72.1 Å². The zero-order valence-electron chi connectivity index (χ0n) is 15.8. The lowest BCUT2D eigenvalue weighted by Crippen LogP contribution is -2.25. The van der Waals surface area contributed by atoms with E-state index in [2.05, 4.69) is 10.3 Å². The van der Waals surface area contributed by atoms with Crippen molar-refractivity contribution in [2.75, 3.05) is 9.62 Å². The molecule has 0 bridgehead atoms. The van der Waals surface area contributed by atoms with E-state index in [4.69, 9.17) is 0 Å². The number of anilines is 3. The topological polar surface area (TPSA) is 99.6 Å². The van der Waals surface area contributed by atoms with Gasteiger partial charge in [-0.05, 0) is 35.0 Å². The quantitative estimate of drug-likeness (QED) is 0.433. The molecule has 7 nitrogen and oxygen atoms in total. The van der Waals surface area contributed by atoms with Crippen LogP contribution in [0.4, 0.5) is 16.5 Å². The summed E-state index contributed by atoms with van der Waals surface area (Å²) in [7, 11) is -4.55. The van der Waals surface area contributed by atoms with Gasteiger partial charge in [-0.15, -0.1) is 11.3 Å². The second-order valence-corrected chi connectivity index (χ2v) is 8.66. The lowest BCUT2D eigenvalue weighted by Gasteiger charge is -2.21. The first-order chi connectivity index (χ1) is 14.3. The molecule has 3 aromatic carbocycles. The van der Waals surface area contributed by atoms with Crippen LogP contribution in [0.1, 0.15) is 6.92 Å². The average Bonchev–Trinajstić information content (AvgIpc) is 3.15. The summed E-state index contributed by atoms with van der Waals surface area (Å²) in [5.74, 6) is -0.203. The first-order valence-electron chi connectivity index (χ1n) is 8.91. The van der Waals surface area contributed by atoms with Gasteiger partial charge in [-0.1, -0.05) is 42.5 Å². The number of carbonyl (C=O) groups excluding carboxylic acids is 1. The van der Waals surface area contributed by atoms with Gasteiger partial charge >= 0.3 is 10.3 Å². The van der Waals surface area contributed by atoms with Gasteiger partial charge < -0.3 is 5.32 Å². The molecule has 0 spiro atoms. The molecule has 1 aromatic heterocycles. The Labute approximate surface area is 177 Å². The number of hydrogen-bond acceptors (Lipinski definition) is 5. The van der Waals surface area contributed by atoms with Gasteiger partial charge in [0.05, 0.1) is 17.1 Å². The first kappa shape index (κ1) is 20.0. The number of hydrogen-bond donors (Lipinski definition) is 2. The van der Waals surface area contributed by atoms with Crippen molar-refractivity contribution in [1.29, 1.82) is 0 Å². The summed E-state index contributed by atoms with van der Waals surface area (Å²) < 4.78 is 35.1. The van der Waals surface area contributed by atoms with Crippen molar-refractivity contribution >= 4 is 54.8 Å². The third kappa shape index (κ3) is 4.18. The van der Waals surface area contributed by atoms with Gasteiger partial charge in [0.25, 0.3) is 0 Å². The SMILES string of the molecule is CC(=O)Nc1nc(-c2ccc(N(c3ccc4ccccc4c3)S(=O)(=O)O)cc2)cs1. The summed E-state index contributed by atoms with van der Waals surface area (Å²) in [6, 6.07) is 19.3. The normalized spacial score (nSPS) is 11.4. The molecule has 0 saturated carbocycles. The monoisotopic (exact) mass is 439 g/mol. The number of amides is 1. The molecule has 0 fully saturated rings. The molecule has 0 aliphatic rings. The number of nitrogens with one attached hydrogen (secondary N) is 1. The molecule has 0 atom stereocenters. The van der Waals surface area contributed by atoms with Crippen molar-refractivity contribution in [2.45, 2.75) is 6.92 Å². The Kier molecular flexibility index (Phi) is 5.25. The summed E-state index contributed by atoms with van der Waals surface area (Å²) in [6.45, 7) is 1.41. The number of benzene rings is 3. The van der Waals surface area contributed by atoms with Gasteiger partial charge in [-0.2, -0.15) is 8.42 Å². The molecule has 152 valence electrons. The highest BCUT2D eigenvalue weighted by atomic mass is 32.2. The molecule has 30 heavy (non-hydrogen) atoms. The highest BCUT2D eigenvalue weighted by Crippen LogP contribution is 2.33. The van der Waals surface area contributed by atoms with E-state index < -0.39 is 10.3 Å². The molecule has 0 saturated heterocycles. The second kappa shape index (κ2) is 7.86.